The van der Waals surface area contributed by atoms with Gasteiger partial charge in [0.25, 0.3) is 0 Å². The van der Waals surface area contributed by atoms with Crippen LogP contribution in [-0.4, -0.2) is 24.0 Å². The lowest BCUT2D eigenvalue weighted by Crippen LogP contribution is -2.12. The molecule has 0 atom stereocenters. The molecule has 2 aromatic rings. The largest absolute Gasteiger partial charge is 0.497 e. The molecule has 0 amide bonds. The number of anilines is 1. The van der Waals surface area contributed by atoms with Crippen LogP contribution in [0.2, 0.25) is 0 Å². The minimum Gasteiger partial charge on any atom is -0.497 e. The summed E-state index contributed by atoms with van der Waals surface area (Å²) in [5.41, 5.74) is 5.09. The van der Waals surface area contributed by atoms with Crippen LogP contribution in [0.5, 0.6) is 5.75 Å². The molecule has 1 aromatic carbocycles. The number of halogens is 1. The van der Waals surface area contributed by atoms with Gasteiger partial charge in [-0.3, -0.25) is 4.98 Å². The van der Waals surface area contributed by atoms with Gasteiger partial charge in [0.1, 0.15) is 5.75 Å². The summed E-state index contributed by atoms with van der Waals surface area (Å²) in [5, 5.41) is 6.01. The van der Waals surface area contributed by atoms with Gasteiger partial charge < -0.3 is 10.1 Å². The highest BCUT2D eigenvalue weighted by Crippen LogP contribution is 2.35. The molecule has 0 saturated heterocycles. The number of nitrogens with zero attached hydrogens (tertiary/aromatic N) is 1. The van der Waals surface area contributed by atoms with Gasteiger partial charge in [0.05, 0.1) is 12.6 Å². The predicted molar refractivity (Wildman–Crippen MR) is 101 cm³/mol. The molecule has 4 heteroatoms. The van der Waals surface area contributed by atoms with E-state index in [-0.39, 0.29) is 0 Å². The fraction of sp³-hybridized carbons (Fsp3) is 0.526. The molecule has 3 nitrogen and oxygen atoms in total. The van der Waals surface area contributed by atoms with Gasteiger partial charge in [-0.15, -0.1) is 0 Å². The lowest BCUT2D eigenvalue weighted by molar-refractivity contribution is 0.415. The molecule has 0 unspecified atom stereocenters. The summed E-state index contributed by atoms with van der Waals surface area (Å²) in [5.74, 6) is 0.900. The summed E-state index contributed by atoms with van der Waals surface area (Å²) >= 11 is 3.50. The molecule has 3 rings (SSSR count). The topological polar surface area (TPSA) is 34.1 Å². The summed E-state index contributed by atoms with van der Waals surface area (Å²) < 4.78 is 5.42. The van der Waals surface area contributed by atoms with E-state index in [1.165, 1.54) is 54.4 Å². The third-order valence-electron chi connectivity index (χ3n) is 4.58. The van der Waals surface area contributed by atoms with Crippen molar-refractivity contribution >= 4 is 32.5 Å². The number of nitrogens with one attached hydrogen (secondary N) is 1. The highest BCUT2D eigenvalue weighted by Gasteiger charge is 2.18. The maximum atomic E-state index is 5.42. The molecular formula is C19H25BrN2O. The van der Waals surface area contributed by atoms with E-state index >= 15 is 0 Å². The van der Waals surface area contributed by atoms with Crippen LogP contribution in [-0.2, 0) is 12.8 Å². The Bertz CT molecular complexity index is 672. The number of alkyl halides is 1. The normalized spacial score (nSPS) is 13.8. The second-order valence-corrected chi connectivity index (χ2v) is 6.97. The summed E-state index contributed by atoms with van der Waals surface area (Å²) in [7, 11) is 1.72. The number of pyridine rings is 1. The number of benzene rings is 1. The van der Waals surface area contributed by atoms with Crippen molar-refractivity contribution in [3.8, 4) is 5.75 Å². The van der Waals surface area contributed by atoms with Crippen molar-refractivity contribution in [1.29, 1.82) is 0 Å². The highest BCUT2D eigenvalue weighted by atomic mass is 79.9. The molecule has 1 aliphatic carbocycles. The van der Waals surface area contributed by atoms with Crippen LogP contribution in [0.3, 0.4) is 0 Å². The molecule has 1 aliphatic rings. The first-order valence-electron chi connectivity index (χ1n) is 8.63. The van der Waals surface area contributed by atoms with Crippen molar-refractivity contribution in [2.24, 2.45) is 0 Å². The molecule has 1 N–H and O–H groups in total. The molecule has 23 heavy (non-hydrogen) atoms. The molecule has 0 fully saturated rings. The number of hydrogen-bond donors (Lipinski definition) is 1. The van der Waals surface area contributed by atoms with Crippen LogP contribution >= 0.6 is 15.9 Å². The SMILES string of the molecule is COc1ccc2nc3c(c(NCCCCCBr)c2c1)CCCC3. The molecule has 124 valence electrons. The summed E-state index contributed by atoms with van der Waals surface area (Å²) in [6, 6.07) is 6.21. The molecule has 0 saturated carbocycles. The van der Waals surface area contributed by atoms with E-state index in [1.807, 2.05) is 6.07 Å². The van der Waals surface area contributed by atoms with Gasteiger partial charge in [0, 0.05) is 28.6 Å². The Morgan fingerprint density at radius 3 is 2.87 bits per heavy atom. The van der Waals surface area contributed by atoms with Crippen LogP contribution in [0.4, 0.5) is 5.69 Å². The minimum absolute atomic E-state index is 0.900. The van der Waals surface area contributed by atoms with Crippen LogP contribution < -0.4 is 10.1 Å². The quantitative estimate of drug-likeness (QED) is 0.539. The number of aryl methyl sites for hydroxylation is 1. The molecule has 1 heterocycles. The monoisotopic (exact) mass is 376 g/mol. The Morgan fingerprint density at radius 2 is 2.04 bits per heavy atom. The first kappa shape index (κ1) is 16.6. The summed E-state index contributed by atoms with van der Waals surface area (Å²) in [4.78, 5) is 4.91. The van der Waals surface area contributed by atoms with Crippen molar-refractivity contribution < 1.29 is 4.74 Å². The number of aromatic nitrogens is 1. The van der Waals surface area contributed by atoms with Crippen molar-refractivity contribution in [3.05, 3.63) is 29.5 Å². The molecule has 0 spiro atoms. The second-order valence-electron chi connectivity index (χ2n) is 6.18. The Kier molecular flexibility index (Phi) is 5.76. The van der Waals surface area contributed by atoms with E-state index in [4.69, 9.17) is 9.72 Å². The maximum Gasteiger partial charge on any atom is 0.119 e. The Labute approximate surface area is 147 Å². The highest BCUT2D eigenvalue weighted by molar-refractivity contribution is 9.09. The van der Waals surface area contributed by atoms with E-state index < -0.39 is 0 Å². The Morgan fingerprint density at radius 1 is 1.17 bits per heavy atom. The zero-order valence-electron chi connectivity index (χ0n) is 13.8. The van der Waals surface area contributed by atoms with Crippen molar-refractivity contribution in [2.45, 2.75) is 44.9 Å². The second kappa shape index (κ2) is 8.00. The molecule has 0 aliphatic heterocycles. The number of rotatable bonds is 7. The number of hydrogen-bond acceptors (Lipinski definition) is 3. The zero-order chi connectivity index (χ0) is 16.1. The maximum absolute atomic E-state index is 5.42. The fourth-order valence-corrected chi connectivity index (χ4v) is 3.74. The lowest BCUT2D eigenvalue weighted by atomic mass is 9.92. The van der Waals surface area contributed by atoms with E-state index in [9.17, 15) is 0 Å². The third-order valence-corrected chi connectivity index (χ3v) is 5.14. The zero-order valence-corrected chi connectivity index (χ0v) is 15.4. The first-order valence-corrected chi connectivity index (χ1v) is 9.75. The average Bonchev–Trinajstić information content (AvgIpc) is 2.60. The molecular weight excluding hydrogens is 352 g/mol. The lowest BCUT2D eigenvalue weighted by Gasteiger charge is -2.22. The smallest absolute Gasteiger partial charge is 0.119 e. The van der Waals surface area contributed by atoms with E-state index in [0.29, 0.717) is 0 Å². The first-order chi connectivity index (χ1) is 11.3. The fourth-order valence-electron chi connectivity index (χ4n) is 3.34. The standard InChI is InChI=1S/C19H25BrN2O/c1-23-14-9-10-18-16(13-14)19(21-12-6-2-5-11-20)15-7-3-4-8-17(15)22-18/h9-10,13H,2-8,11-12H2,1H3,(H,21,22). The molecule has 1 aromatic heterocycles. The van der Waals surface area contributed by atoms with Crippen LogP contribution in [0.15, 0.2) is 18.2 Å². The van der Waals surface area contributed by atoms with E-state index in [1.54, 1.807) is 7.11 Å². The van der Waals surface area contributed by atoms with Crippen molar-refractivity contribution in [1.82, 2.24) is 4.98 Å². The van der Waals surface area contributed by atoms with Crippen LogP contribution in [0.25, 0.3) is 10.9 Å². The Balaban J connectivity index is 1.93. The van der Waals surface area contributed by atoms with Crippen LogP contribution in [0.1, 0.15) is 43.4 Å². The number of unbranched alkanes of at least 4 members (excludes halogenated alkanes) is 2. The molecule has 0 bridgehead atoms. The average molecular weight is 377 g/mol. The number of fused-ring (bicyclic) bond motifs is 2. The van der Waals surface area contributed by atoms with Gasteiger partial charge in [-0.25, -0.2) is 0 Å². The summed E-state index contributed by atoms with van der Waals surface area (Å²) in [6.45, 7) is 1.02. The third kappa shape index (κ3) is 3.79. The van der Waals surface area contributed by atoms with Gasteiger partial charge in [-0.05, 0) is 62.3 Å². The van der Waals surface area contributed by atoms with Gasteiger partial charge in [-0.2, -0.15) is 0 Å². The van der Waals surface area contributed by atoms with E-state index in [2.05, 4.69) is 33.4 Å². The van der Waals surface area contributed by atoms with Crippen molar-refractivity contribution in [2.75, 3.05) is 24.3 Å². The number of methoxy groups -OCH3 is 1. The summed E-state index contributed by atoms with van der Waals surface area (Å²) in [6.07, 6.45) is 8.47. The number of ether oxygens (including phenoxy) is 1. The van der Waals surface area contributed by atoms with Gasteiger partial charge in [0.15, 0.2) is 0 Å². The Hall–Kier alpha value is -1.29. The van der Waals surface area contributed by atoms with E-state index in [0.717, 1.165) is 36.0 Å². The van der Waals surface area contributed by atoms with Crippen LogP contribution in [0, 0.1) is 0 Å². The van der Waals surface area contributed by atoms with Gasteiger partial charge in [0.2, 0.25) is 0 Å². The van der Waals surface area contributed by atoms with Gasteiger partial charge in [-0.1, -0.05) is 22.4 Å². The predicted octanol–water partition coefficient (Wildman–Crippen LogP) is 5.10. The molecule has 0 radical (unpaired) electrons. The van der Waals surface area contributed by atoms with Gasteiger partial charge >= 0.3 is 0 Å². The van der Waals surface area contributed by atoms with Crippen molar-refractivity contribution in [3.63, 3.8) is 0 Å². The minimum atomic E-state index is 0.900.